The van der Waals surface area contributed by atoms with Crippen molar-refractivity contribution < 1.29 is 9.32 Å². The largest absolute Gasteiger partial charge is 0.355 e. The number of hydrogen-bond acceptors (Lipinski definition) is 4. The third kappa shape index (κ3) is 2.81. The molecule has 4 heteroatoms. The first-order chi connectivity index (χ1) is 9.13. The predicted octanol–water partition coefficient (Wildman–Crippen LogP) is 2.43. The van der Waals surface area contributed by atoms with Gasteiger partial charge in [-0.15, -0.1) is 0 Å². The molecule has 0 aliphatic rings. The molecule has 1 heterocycles. The molecule has 0 bridgehead atoms. The summed E-state index contributed by atoms with van der Waals surface area (Å²) in [5.74, 6) is 2.64. The fraction of sp³-hybridized carbons (Fsp3) is 0.267. The summed E-state index contributed by atoms with van der Waals surface area (Å²) in [5, 5.41) is 3.98. The van der Waals surface area contributed by atoms with Crippen molar-refractivity contribution in [3.8, 4) is 11.3 Å². The Morgan fingerprint density at radius 2 is 2.00 bits per heavy atom. The number of benzene rings is 1. The summed E-state index contributed by atoms with van der Waals surface area (Å²) < 4.78 is 5.38. The monoisotopic (exact) mass is 256 g/mol. The van der Waals surface area contributed by atoms with Crippen LogP contribution in [0.2, 0.25) is 0 Å². The van der Waals surface area contributed by atoms with Crippen LogP contribution >= 0.6 is 0 Å². The van der Waals surface area contributed by atoms with Gasteiger partial charge in [0, 0.05) is 12.1 Å². The summed E-state index contributed by atoms with van der Waals surface area (Å²) in [6.45, 7) is 2.34. The normalized spacial score (nSPS) is 10.5. The molecule has 0 saturated carbocycles. The molecule has 98 valence electrons. The number of hydrogen-bond donors (Lipinski definition) is 0. The van der Waals surface area contributed by atoms with E-state index in [9.17, 15) is 4.79 Å². The van der Waals surface area contributed by atoms with Crippen LogP contribution in [-0.2, 0) is 4.79 Å². The molecular formula is C15H16N2O2. The highest BCUT2D eigenvalue weighted by atomic mass is 16.5. The van der Waals surface area contributed by atoms with Crippen LogP contribution in [0.4, 0.5) is 0 Å². The van der Waals surface area contributed by atoms with Crippen molar-refractivity contribution in [1.82, 2.24) is 10.1 Å². The van der Waals surface area contributed by atoms with E-state index >= 15 is 0 Å². The molecule has 0 atom stereocenters. The molecule has 1 aromatic carbocycles. The van der Waals surface area contributed by atoms with Crippen molar-refractivity contribution in [3.05, 3.63) is 41.6 Å². The van der Waals surface area contributed by atoms with Crippen LogP contribution in [0.25, 0.3) is 16.9 Å². The highest BCUT2D eigenvalue weighted by Gasteiger charge is 2.19. The molecule has 1 aromatic heterocycles. The molecule has 19 heavy (non-hydrogen) atoms. The lowest BCUT2D eigenvalue weighted by Crippen LogP contribution is -2.15. The zero-order valence-electron chi connectivity index (χ0n) is 11.3. The van der Waals surface area contributed by atoms with E-state index in [4.69, 9.17) is 4.52 Å². The van der Waals surface area contributed by atoms with Gasteiger partial charge in [0.25, 0.3) is 0 Å². The highest BCUT2D eigenvalue weighted by molar-refractivity contribution is 5.93. The van der Waals surface area contributed by atoms with Crippen molar-refractivity contribution in [2.45, 2.75) is 6.92 Å². The third-order valence-electron chi connectivity index (χ3n) is 2.80. The van der Waals surface area contributed by atoms with Gasteiger partial charge in [0.1, 0.15) is 5.94 Å². The lowest BCUT2D eigenvalue weighted by Gasteiger charge is -2.10. The zero-order chi connectivity index (χ0) is 13.8. The molecule has 0 N–H and O–H groups in total. The smallest absolute Gasteiger partial charge is 0.175 e. The van der Waals surface area contributed by atoms with Gasteiger partial charge >= 0.3 is 0 Å². The fourth-order valence-corrected chi connectivity index (χ4v) is 1.99. The number of carbonyl (C=O) groups excluding carboxylic acids is 1. The molecule has 2 rings (SSSR count). The number of aromatic nitrogens is 1. The van der Waals surface area contributed by atoms with Gasteiger partial charge in [-0.3, -0.25) is 0 Å². The second-order valence-electron chi connectivity index (χ2n) is 4.66. The molecule has 0 aliphatic heterocycles. The highest BCUT2D eigenvalue weighted by Crippen LogP contribution is 2.30. The molecule has 0 spiro atoms. The summed E-state index contributed by atoms with van der Waals surface area (Å²) in [7, 11) is 3.81. The second-order valence-corrected chi connectivity index (χ2v) is 4.66. The molecule has 0 radical (unpaired) electrons. The van der Waals surface area contributed by atoms with E-state index in [0.29, 0.717) is 23.6 Å². The first-order valence-electron chi connectivity index (χ1n) is 6.04. The third-order valence-corrected chi connectivity index (χ3v) is 2.80. The topological polar surface area (TPSA) is 46.3 Å². The van der Waals surface area contributed by atoms with Gasteiger partial charge in [-0.2, -0.15) is 0 Å². The molecule has 2 aromatic rings. The summed E-state index contributed by atoms with van der Waals surface area (Å²) in [5.41, 5.74) is 2.92. The minimum atomic E-state index is 0.505. The lowest BCUT2D eigenvalue weighted by molar-refractivity contribution is 0.427. The Morgan fingerprint density at radius 1 is 1.32 bits per heavy atom. The van der Waals surface area contributed by atoms with Crippen LogP contribution < -0.4 is 0 Å². The number of likely N-dealkylation sites (N-methyl/N-ethyl adjacent to an activating group) is 1. The minimum Gasteiger partial charge on any atom is -0.355 e. The van der Waals surface area contributed by atoms with E-state index < -0.39 is 0 Å². The van der Waals surface area contributed by atoms with Crippen molar-refractivity contribution in [3.63, 3.8) is 0 Å². The predicted molar refractivity (Wildman–Crippen MR) is 74.3 cm³/mol. The first kappa shape index (κ1) is 13.3. The molecule has 0 amide bonds. The summed E-state index contributed by atoms with van der Waals surface area (Å²) in [6, 6.07) is 9.65. The average molecular weight is 256 g/mol. The SMILES string of the molecule is Cc1noc(-c2ccccc2)c1C(=C=O)CN(C)C. The maximum Gasteiger partial charge on any atom is 0.175 e. The van der Waals surface area contributed by atoms with Crippen LogP contribution in [0.5, 0.6) is 0 Å². The molecular weight excluding hydrogens is 240 g/mol. The zero-order valence-corrected chi connectivity index (χ0v) is 11.3. The van der Waals surface area contributed by atoms with Gasteiger partial charge in [-0.05, 0) is 21.0 Å². The molecule has 0 saturated heterocycles. The van der Waals surface area contributed by atoms with Gasteiger partial charge in [-0.1, -0.05) is 35.5 Å². The summed E-state index contributed by atoms with van der Waals surface area (Å²) >= 11 is 0. The van der Waals surface area contributed by atoms with E-state index in [1.54, 1.807) is 0 Å². The molecule has 4 nitrogen and oxygen atoms in total. The Hall–Kier alpha value is -2.16. The number of nitrogens with zero attached hydrogens (tertiary/aromatic N) is 2. The van der Waals surface area contributed by atoms with Gasteiger partial charge in [0.2, 0.25) is 0 Å². The Morgan fingerprint density at radius 3 is 2.58 bits per heavy atom. The lowest BCUT2D eigenvalue weighted by atomic mass is 10.0. The quantitative estimate of drug-likeness (QED) is 0.788. The maximum atomic E-state index is 11.2. The van der Waals surface area contributed by atoms with E-state index in [2.05, 4.69) is 5.16 Å². The van der Waals surface area contributed by atoms with E-state index in [0.717, 1.165) is 11.1 Å². The van der Waals surface area contributed by atoms with Crippen LogP contribution in [0.3, 0.4) is 0 Å². The molecule has 0 fully saturated rings. The standard InChI is InChI=1S/C15H16N2O2/c1-11-14(13(10-18)9-17(2)3)15(19-16-11)12-7-5-4-6-8-12/h4-8H,9H2,1-3H3. The average Bonchev–Trinajstić information content (AvgIpc) is 2.79. The Bertz CT molecular complexity index is 608. The Balaban J connectivity index is 2.52. The van der Waals surface area contributed by atoms with Crippen LogP contribution in [-0.4, -0.2) is 36.6 Å². The second kappa shape index (κ2) is 5.65. The van der Waals surface area contributed by atoms with Crippen LogP contribution in [0.15, 0.2) is 34.9 Å². The van der Waals surface area contributed by atoms with Gasteiger partial charge < -0.3 is 9.42 Å². The maximum absolute atomic E-state index is 11.2. The number of rotatable bonds is 4. The molecule has 0 aliphatic carbocycles. The van der Waals surface area contributed by atoms with Crippen molar-refractivity contribution >= 4 is 11.5 Å². The Labute approximate surface area is 112 Å². The Kier molecular flexibility index (Phi) is 3.95. The minimum absolute atomic E-state index is 0.505. The summed E-state index contributed by atoms with van der Waals surface area (Å²) in [6.07, 6.45) is 0. The van der Waals surface area contributed by atoms with Gasteiger partial charge in [-0.25, -0.2) is 4.79 Å². The van der Waals surface area contributed by atoms with E-state index in [1.165, 1.54) is 0 Å². The van der Waals surface area contributed by atoms with Crippen LogP contribution in [0, 0.1) is 6.92 Å². The fourth-order valence-electron chi connectivity index (χ4n) is 1.99. The van der Waals surface area contributed by atoms with Gasteiger partial charge in [0.05, 0.1) is 16.8 Å². The van der Waals surface area contributed by atoms with Gasteiger partial charge in [0.15, 0.2) is 5.76 Å². The van der Waals surface area contributed by atoms with E-state index in [1.807, 2.05) is 62.2 Å². The van der Waals surface area contributed by atoms with Crippen molar-refractivity contribution in [2.75, 3.05) is 20.6 Å². The van der Waals surface area contributed by atoms with Crippen molar-refractivity contribution in [1.29, 1.82) is 0 Å². The van der Waals surface area contributed by atoms with E-state index in [-0.39, 0.29) is 0 Å². The number of aryl methyl sites for hydroxylation is 1. The molecule has 0 unspecified atom stereocenters. The summed E-state index contributed by atoms with van der Waals surface area (Å²) in [4.78, 5) is 13.1. The first-order valence-corrected chi connectivity index (χ1v) is 6.04. The van der Waals surface area contributed by atoms with Crippen LogP contribution in [0.1, 0.15) is 11.3 Å². The van der Waals surface area contributed by atoms with Crippen molar-refractivity contribution in [2.24, 2.45) is 0 Å².